The predicted molar refractivity (Wildman–Crippen MR) is 61.5 cm³/mol. The van der Waals surface area contributed by atoms with Crippen molar-refractivity contribution in [2.75, 3.05) is 5.75 Å². The molecule has 0 aromatic rings. The minimum absolute atomic E-state index is 0.0268. The van der Waals surface area contributed by atoms with Crippen LogP contribution in [0.15, 0.2) is 0 Å². The topological polar surface area (TPSA) is 109 Å². The third kappa shape index (κ3) is 6.25. The summed E-state index contributed by atoms with van der Waals surface area (Å²) in [6, 6.07) is 0. The minimum Gasteiger partial charge on any atom is -0.481 e. The van der Waals surface area contributed by atoms with E-state index in [9.17, 15) is 18.0 Å². The van der Waals surface area contributed by atoms with Gasteiger partial charge in [0.2, 0.25) is 0 Å². The Morgan fingerprint density at radius 3 is 1.82 bits per heavy atom. The van der Waals surface area contributed by atoms with Crippen LogP contribution in [0.25, 0.3) is 0 Å². The van der Waals surface area contributed by atoms with Crippen molar-refractivity contribution in [2.24, 2.45) is 5.92 Å². The Balaban J connectivity index is 4.63. The highest BCUT2D eigenvalue weighted by atomic mass is 32.2. The Morgan fingerprint density at radius 2 is 1.53 bits per heavy atom. The Kier molecular flexibility index (Phi) is 6.15. The van der Waals surface area contributed by atoms with Crippen LogP contribution in [0.5, 0.6) is 0 Å². The first-order chi connectivity index (χ1) is 7.69. The van der Waals surface area contributed by atoms with Gasteiger partial charge in [0, 0.05) is 18.6 Å². The average Bonchev–Trinajstić information content (AvgIpc) is 2.15. The van der Waals surface area contributed by atoms with Gasteiger partial charge in [0.15, 0.2) is 9.84 Å². The zero-order valence-corrected chi connectivity index (χ0v) is 10.7. The van der Waals surface area contributed by atoms with Crippen LogP contribution in [0.1, 0.15) is 33.1 Å². The van der Waals surface area contributed by atoms with Gasteiger partial charge in [-0.2, -0.15) is 0 Å². The van der Waals surface area contributed by atoms with Crippen LogP contribution in [0.3, 0.4) is 0 Å². The molecule has 0 fully saturated rings. The molecule has 100 valence electrons. The number of sulfone groups is 1. The van der Waals surface area contributed by atoms with Gasteiger partial charge in [0.25, 0.3) is 0 Å². The Hall–Kier alpha value is -1.11. The second-order valence-corrected chi connectivity index (χ2v) is 6.77. The smallest absolute Gasteiger partial charge is 0.303 e. The van der Waals surface area contributed by atoms with E-state index < -0.39 is 32.9 Å². The molecule has 0 aliphatic heterocycles. The van der Waals surface area contributed by atoms with Gasteiger partial charge < -0.3 is 10.2 Å². The number of aliphatic carboxylic acids is 2. The fraction of sp³-hybridized carbons (Fsp3) is 0.800. The first-order valence-electron chi connectivity index (χ1n) is 5.34. The van der Waals surface area contributed by atoms with E-state index in [2.05, 4.69) is 0 Å². The van der Waals surface area contributed by atoms with Gasteiger partial charge in [-0.15, -0.1) is 0 Å². The normalized spacial score (nSPS) is 13.6. The van der Waals surface area contributed by atoms with E-state index in [0.717, 1.165) is 0 Å². The first-order valence-corrected chi connectivity index (χ1v) is 7.05. The predicted octanol–water partition coefficient (Wildman–Crippen LogP) is 0.765. The molecule has 0 heterocycles. The summed E-state index contributed by atoms with van der Waals surface area (Å²) in [7, 11) is -3.25. The van der Waals surface area contributed by atoms with Gasteiger partial charge in [0.1, 0.15) is 0 Å². The number of hydrogen-bond acceptors (Lipinski definition) is 4. The molecule has 0 aliphatic rings. The SMILES string of the molecule is CCS(=O)(=O)C(C)CC(CC(=O)O)CC(=O)O. The summed E-state index contributed by atoms with van der Waals surface area (Å²) in [5.41, 5.74) is 0. The molecule has 0 aromatic heterocycles. The van der Waals surface area contributed by atoms with E-state index in [1.54, 1.807) is 0 Å². The molecule has 7 heteroatoms. The number of carboxylic acids is 2. The fourth-order valence-electron chi connectivity index (χ4n) is 1.63. The molecule has 2 N–H and O–H groups in total. The van der Waals surface area contributed by atoms with Crippen molar-refractivity contribution in [2.45, 2.75) is 38.4 Å². The van der Waals surface area contributed by atoms with E-state index in [1.165, 1.54) is 13.8 Å². The van der Waals surface area contributed by atoms with Crippen molar-refractivity contribution in [3.8, 4) is 0 Å². The molecule has 1 unspecified atom stereocenters. The van der Waals surface area contributed by atoms with Crippen LogP contribution in [-0.2, 0) is 19.4 Å². The number of hydrogen-bond donors (Lipinski definition) is 2. The van der Waals surface area contributed by atoms with Crippen molar-refractivity contribution in [3.63, 3.8) is 0 Å². The van der Waals surface area contributed by atoms with E-state index in [-0.39, 0.29) is 25.0 Å². The van der Waals surface area contributed by atoms with Crippen LogP contribution < -0.4 is 0 Å². The molecule has 0 rings (SSSR count). The molecule has 0 radical (unpaired) electrons. The lowest BCUT2D eigenvalue weighted by atomic mass is 9.96. The standard InChI is InChI=1S/C10H18O6S/c1-3-17(15,16)7(2)4-8(5-9(11)12)6-10(13)14/h7-8H,3-6H2,1-2H3,(H,11,12)(H,13,14). The molecular weight excluding hydrogens is 248 g/mol. The van der Waals surface area contributed by atoms with Crippen LogP contribution in [-0.4, -0.2) is 41.6 Å². The van der Waals surface area contributed by atoms with Gasteiger partial charge in [-0.1, -0.05) is 6.92 Å². The summed E-state index contributed by atoms with van der Waals surface area (Å²) in [5.74, 6) is -2.91. The van der Waals surface area contributed by atoms with Crippen molar-refractivity contribution in [3.05, 3.63) is 0 Å². The Bertz CT molecular complexity index is 356. The first kappa shape index (κ1) is 15.9. The third-order valence-corrected chi connectivity index (χ3v) is 4.83. The molecular formula is C10H18O6S. The highest BCUT2D eigenvalue weighted by molar-refractivity contribution is 7.91. The molecule has 6 nitrogen and oxygen atoms in total. The van der Waals surface area contributed by atoms with Gasteiger partial charge in [-0.25, -0.2) is 8.42 Å². The lowest BCUT2D eigenvalue weighted by Gasteiger charge is -2.17. The maximum absolute atomic E-state index is 11.5. The molecule has 0 saturated heterocycles. The van der Waals surface area contributed by atoms with Crippen LogP contribution in [0.4, 0.5) is 0 Å². The second-order valence-electron chi connectivity index (χ2n) is 4.06. The summed E-state index contributed by atoms with van der Waals surface area (Å²) in [6.45, 7) is 2.99. The molecule has 0 aromatic carbocycles. The van der Waals surface area contributed by atoms with Gasteiger partial charge in [0.05, 0.1) is 5.25 Å². The lowest BCUT2D eigenvalue weighted by Crippen LogP contribution is -2.25. The summed E-state index contributed by atoms with van der Waals surface area (Å²) >= 11 is 0. The monoisotopic (exact) mass is 266 g/mol. The zero-order chi connectivity index (χ0) is 13.6. The summed E-state index contributed by atoms with van der Waals surface area (Å²) in [4.78, 5) is 21.1. The summed E-state index contributed by atoms with van der Waals surface area (Å²) in [6.07, 6.45) is -0.583. The molecule has 1 atom stereocenters. The Labute approximate surface area is 101 Å². The zero-order valence-electron chi connectivity index (χ0n) is 9.92. The largest absolute Gasteiger partial charge is 0.481 e. The molecule has 0 aliphatic carbocycles. The summed E-state index contributed by atoms with van der Waals surface area (Å²) in [5, 5.41) is 16.5. The van der Waals surface area contributed by atoms with E-state index >= 15 is 0 Å². The highest BCUT2D eigenvalue weighted by Gasteiger charge is 2.25. The van der Waals surface area contributed by atoms with E-state index in [0.29, 0.717) is 0 Å². The van der Waals surface area contributed by atoms with Crippen molar-refractivity contribution < 1.29 is 28.2 Å². The molecule has 17 heavy (non-hydrogen) atoms. The van der Waals surface area contributed by atoms with E-state index in [4.69, 9.17) is 10.2 Å². The second kappa shape index (κ2) is 6.58. The van der Waals surface area contributed by atoms with E-state index in [1.807, 2.05) is 0 Å². The van der Waals surface area contributed by atoms with Gasteiger partial charge >= 0.3 is 11.9 Å². The quantitative estimate of drug-likeness (QED) is 0.671. The molecule has 0 spiro atoms. The van der Waals surface area contributed by atoms with Crippen LogP contribution in [0.2, 0.25) is 0 Å². The fourth-order valence-corrected chi connectivity index (χ4v) is 2.77. The van der Waals surface area contributed by atoms with Gasteiger partial charge in [-0.05, 0) is 19.3 Å². The number of carbonyl (C=O) groups is 2. The van der Waals surface area contributed by atoms with Crippen molar-refractivity contribution in [1.29, 1.82) is 0 Å². The Morgan fingerprint density at radius 1 is 1.12 bits per heavy atom. The van der Waals surface area contributed by atoms with Crippen LogP contribution in [0, 0.1) is 5.92 Å². The van der Waals surface area contributed by atoms with Gasteiger partial charge in [-0.3, -0.25) is 9.59 Å². The number of rotatable bonds is 8. The minimum atomic E-state index is -3.25. The van der Waals surface area contributed by atoms with Crippen molar-refractivity contribution in [1.82, 2.24) is 0 Å². The summed E-state index contributed by atoms with van der Waals surface area (Å²) < 4.78 is 23.0. The highest BCUT2D eigenvalue weighted by Crippen LogP contribution is 2.20. The maximum Gasteiger partial charge on any atom is 0.303 e. The van der Waals surface area contributed by atoms with Crippen LogP contribution >= 0.6 is 0 Å². The maximum atomic E-state index is 11.5. The molecule has 0 amide bonds. The molecule has 0 bridgehead atoms. The average molecular weight is 266 g/mol. The van der Waals surface area contributed by atoms with Crippen molar-refractivity contribution >= 4 is 21.8 Å². The number of carboxylic acid groups (broad SMARTS) is 2. The third-order valence-electron chi connectivity index (χ3n) is 2.61. The lowest BCUT2D eigenvalue weighted by molar-refractivity contribution is -0.140. The molecule has 0 saturated carbocycles.